The fourth-order valence-electron chi connectivity index (χ4n) is 2.68. The van der Waals surface area contributed by atoms with Crippen molar-refractivity contribution in [3.8, 4) is 0 Å². The van der Waals surface area contributed by atoms with E-state index in [9.17, 15) is 14.0 Å². The number of rotatable bonds is 7. The van der Waals surface area contributed by atoms with Gasteiger partial charge in [0.1, 0.15) is 5.82 Å². The summed E-state index contributed by atoms with van der Waals surface area (Å²) in [4.78, 5) is 24.9. The highest BCUT2D eigenvalue weighted by atomic mass is 35.5. The number of hydrogen-bond donors (Lipinski definition) is 2. The van der Waals surface area contributed by atoms with Gasteiger partial charge in [-0.25, -0.2) is 4.39 Å². The van der Waals surface area contributed by atoms with Crippen molar-refractivity contribution in [3.63, 3.8) is 0 Å². The zero-order valence-electron chi connectivity index (χ0n) is 14.2. The third kappa shape index (κ3) is 5.75. The second-order valence-electron chi connectivity index (χ2n) is 5.70. The number of amides is 2. The predicted octanol–water partition coefficient (Wildman–Crippen LogP) is 4.16. The van der Waals surface area contributed by atoms with Gasteiger partial charge in [0, 0.05) is 28.5 Å². The maximum Gasteiger partial charge on any atom is 0.252 e. The first-order valence-corrected chi connectivity index (χ1v) is 9.90. The van der Waals surface area contributed by atoms with Crippen molar-refractivity contribution in [3.05, 3.63) is 40.2 Å². The van der Waals surface area contributed by atoms with Crippen LogP contribution in [0.2, 0.25) is 5.02 Å². The summed E-state index contributed by atoms with van der Waals surface area (Å²) in [5.41, 5.74) is 1.02. The van der Waals surface area contributed by atoms with E-state index in [-0.39, 0.29) is 16.6 Å². The highest BCUT2D eigenvalue weighted by Crippen LogP contribution is 2.27. The smallest absolute Gasteiger partial charge is 0.252 e. The molecule has 0 fully saturated rings. The molecule has 1 aliphatic rings. The van der Waals surface area contributed by atoms with Gasteiger partial charge < -0.3 is 10.6 Å². The molecule has 0 atom stereocenters. The van der Waals surface area contributed by atoms with Gasteiger partial charge in [-0.3, -0.25) is 9.59 Å². The number of carbonyl (C=O) groups excluding carboxylic acids is 2. The molecule has 0 saturated heterocycles. The Labute approximate surface area is 156 Å². The number of halogens is 2. The molecule has 2 amide bonds. The van der Waals surface area contributed by atoms with E-state index in [4.69, 9.17) is 11.6 Å². The Kier molecular flexibility index (Phi) is 7.78. The zero-order valence-corrected chi connectivity index (χ0v) is 15.7. The normalized spacial score (nSPS) is 14.4. The standard InChI is InChI=1S/C18H22ClFN2O2S/c1-2-25-10-9-21-17(23)13-5-3-4-6-14(13)18(24)22-16-8-7-12(19)11-15(16)20/h7-8,11H,2-6,9-10H2,1H3,(H,21,23)(H,22,24). The molecule has 136 valence electrons. The van der Waals surface area contributed by atoms with E-state index >= 15 is 0 Å². The fourth-order valence-corrected chi connectivity index (χ4v) is 3.38. The molecule has 25 heavy (non-hydrogen) atoms. The lowest BCUT2D eigenvalue weighted by molar-refractivity contribution is -0.119. The molecule has 2 N–H and O–H groups in total. The van der Waals surface area contributed by atoms with E-state index < -0.39 is 11.7 Å². The molecule has 1 aromatic carbocycles. The number of hydrogen-bond acceptors (Lipinski definition) is 3. The number of thioether (sulfide) groups is 1. The highest BCUT2D eigenvalue weighted by molar-refractivity contribution is 7.99. The van der Waals surface area contributed by atoms with Gasteiger partial charge >= 0.3 is 0 Å². The van der Waals surface area contributed by atoms with Gasteiger partial charge in [0.25, 0.3) is 5.91 Å². The van der Waals surface area contributed by atoms with Gasteiger partial charge in [-0.05, 0) is 49.6 Å². The minimum absolute atomic E-state index is 0.0616. The molecule has 7 heteroatoms. The third-order valence-corrected chi connectivity index (χ3v) is 5.07. The number of anilines is 1. The molecular weight excluding hydrogens is 363 g/mol. The van der Waals surface area contributed by atoms with E-state index in [0.717, 1.165) is 30.4 Å². The van der Waals surface area contributed by atoms with Crippen LogP contribution < -0.4 is 10.6 Å². The molecule has 0 radical (unpaired) electrons. The summed E-state index contributed by atoms with van der Waals surface area (Å²) < 4.78 is 13.9. The first-order chi connectivity index (χ1) is 12.0. The summed E-state index contributed by atoms with van der Waals surface area (Å²) in [5.74, 6) is 0.623. The second kappa shape index (κ2) is 9.82. The Balaban J connectivity index is 2.10. The molecule has 1 aliphatic carbocycles. The third-order valence-electron chi connectivity index (χ3n) is 3.93. The second-order valence-corrected chi connectivity index (χ2v) is 7.53. The molecule has 0 saturated carbocycles. The maximum atomic E-state index is 13.9. The van der Waals surface area contributed by atoms with E-state index in [1.165, 1.54) is 12.1 Å². The van der Waals surface area contributed by atoms with Crippen LogP contribution in [0.1, 0.15) is 32.6 Å². The molecule has 0 aliphatic heterocycles. The van der Waals surface area contributed by atoms with E-state index in [1.807, 2.05) is 0 Å². The average molecular weight is 385 g/mol. The van der Waals surface area contributed by atoms with Crippen molar-refractivity contribution < 1.29 is 14.0 Å². The Hall–Kier alpha value is -1.53. The van der Waals surface area contributed by atoms with Gasteiger partial charge in [-0.15, -0.1) is 0 Å². The van der Waals surface area contributed by atoms with Gasteiger partial charge in [-0.1, -0.05) is 18.5 Å². The maximum absolute atomic E-state index is 13.9. The average Bonchev–Trinajstić information content (AvgIpc) is 2.61. The molecule has 0 bridgehead atoms. The number of carbonyl (C=O) groups is 2. The highest BCUT2D eigenvalue weighted by Gasteiger charge is 2.24. The Morgan fingerprint density at radius 3 is 2.52 bits per heavy atom. The SMILES string of the molecule is CCSCCNC(=O)C1=C(C(=O)Nc2ccc(Cl)cc2F)CCCC1. The van der Waals surface area contributed by atoms with Crippen molar-refractivity contribution in [1.29, 1.82) is 0 Å². The lowest BCUT2D eigenvalue weighted by Gasteiger charge is -2.19. The summed E-state index contributed by atoms with van der Waals surface area (Å²) in [6.07, 6.45) is 2.80. The first kappa shape index (κ1) is 19.8. The topological polar surface area (TPSA) is 58.2 Å². The van der Waals surface area contributed by atoms with Gasteiger partial charge in [-0.2, -0.15) is 11.8 Å². The summed E-state index contributed by atoms with van der Waals surface area (Å²) in [7, 11) is 0. The van der Waals surface area contributed by atoms with Crippen LogP contribution in [0, 0.1) is 5.82 Å². The van der Waals surface area contributed by atoms with Crippen molar-refractivity contribution in [2.24, 2.45) is 0 Å². The molecule has 1 aromatic rings. The van der Waals surface area contributed by atoms with Crippen LogP contribution in [0.5, 0.6) is 0 Å². The van der Waals surface area contributed by atoms with E-state index in [1.54, 1.807) is 11.8 Å². The van der Waals surface area contributed by atoms with Crippen LogP contribution in [0.3, 0.4) is 0 Å². The summed E-state index contributed by atoms with van der Waals surface area (Å²) in [6.45, 7) is 2.63. The molecule has 0 aromatic heterocycles. The largest absolute Gasteiger partial charge is 0.351 e. The Morgan fingerprint density at radius 1 is 1.20 bits per heavy atom. The molecule has 0 spiro atoms. The quantitative estimate of drug-likeness (QED) is 0.694. The fraction of sp³-hybridized carbons (Fsp3) is 0.444. The van der Waals surface area contributed by atoms with Crippen molar-refractivity contribution >= 4 is 40.9 Å². The van der Waals surface area contributed by atoms with Gasteiger partial charge in [0.15, 0.2) is 0 Å². The number of nitrogens with one attached hydrogen (secondary N) is 2. The molecule has 0 heterocycles. The van der Waals surface area contributed by atoms with Crippen LogP contribution in [0.25, 0.3) is 0 Å². The van der Waals surface area contributed by atoms with Crippen LogP contribution in [0.15, 0.2) is 29.3 Å². The molecule has 0 unspecified atom stereocenters. The molecule has 4 nitrogen and oxygen atoms in total. The minimum Gasteiger partial charge on any atom is -0.351 e. The first-order valence-electron chi connectivity index (χ1n) is 8.37. The summed E-state index contributed by atoms with van der Waals surface area (Å²) in [5, 5.41) is 5.68. The zero-order chi connectivity index (χ0) is 18.2. The number of benzene rings is 1. The van der Waals surface area contributed by atoms with E-state index in [0.29, 0.717) is 30.5 Å². The van der Waals surface area contributed by atoms with Crippen molar-refractivity contribution in [2.45, 2.75) is 32.6 Å². The van der Waals surface area contributed by atoms with Crippen LogP contribution in [-0.4, -0.2) is 29.9 Å². The van der Waals surface area contributed by atoms with Gasteiger partial charge in [0.2, 0.25) is 5.91 Å². The Morgan fingerprint density at radius 2 is 1.88 bits per heavy atom. The molecule has 2 rings (SSSR count). The lowest BCUT2D eigenvalue weighted by atomic mass is 9.90. The van der Waals surface area contributed by atoms with E-state index in [2.05, 4.69) is 17.6 Å². The predicted molar refractivity (Wildman–Crippen MR) is 102 cm³/mol. The summed E-state index contributed by atoms with van der Waals surface area (Å²) in [6, 6.07) is 4.07. The monoisotopic (exact) mass is 384 g/mol. The van der Waals surface area contributed by atoms with Crippen LogP contribution >= 0.6 is 23.4 Å². The van der Waals surface area contributed by atoms with Crippen molar-refractivity contribution in [1.82, 2.24) is 5.32 Å². The lowest BCUT2D eigenvalue weighted by Crippen LogP contribution is -2.31. The molecular formula is C18H22ClFN2O2S. The minimum atomic E-state index is -0.597. The Bertz CT molecular complexity index is 679. The van der Waals surface area contributed by atoms with Crippen LogP contribution in [-0.2, 0) is 9.59 Å². The van der Waals surface area contributed by atoms with Crippen LogP contribution in [0.4, 0.5) is 10.1 Å². The van der Waals surface area contributed by atoms with Gasteiger partial charge in [0.05, 0.1) is 5.69 Å². The van der Waals surface area contributed by atoms with Crippen molar-refractivity contribution in [2.75, 3.05) is 23.4 Å². The summed E-state index contributed by atoms with van der Waals surface area (Å²) >= 11 is 7.47.